The smallest absolute Gasteiger partial charge is 0.0185 e. The van der Waals surface area contributed by atoms with Gasteiger partial charge in [-0.05, 0) is 26.9 Å². The molecule has 0 radical (unpaired) electrons. The Bertz CT molecular complexity index is 117. The first-order chi connectivity index (χ1) is 6.72. The van der Waals surface area contributed by atoms with E-state index in [2.05, 4.69) is 41.7 Å². The van der Waals surface area contributed by atoms with Gasteiger partial charge in [0.15, 0.2) is 0 Å². The number of nitrogens with zero attached hydrogens (tertiary/aromatic N) is 1. The van der Waals surface area contributed by atoms with Crippen molar-refractivity contribution in [3.05, 3.63) is 0 Å². The Kier molecular flexibility index (Phi) is 10.3. The van der Waals surface area contributed by atoms with Gasteiger partial charge in [-0.1, -0.05) is 55.0 Å². The molecule has 0 aromatic carbocycles. The minimum atomic E-state index is 0.672. The second-order valence-electron chi connectivity index (χ2n) is 4.25. The molecule has 0 saturated heterocycles. The lowest BCUT2D eigenvalue weighted by Gasteiger charge is -2.22. The molecule has 0 fully saturated rings. The molecule has 2 heteroatoms. The van der Waals surface area contributed by atoms with E-state index in [0.29, 0.717) is 6.04 Å². The number of unbranched alkanes of at least 4 members (excludes halogenated alkanes) is 5. The summed E-state index contributed by atoms with van der Waals surface area (Å²) < 4.78 is 0. The van der Waals surface area contributed by atoms with Crippen LogP contribution in [0.25, 0.3) is 0 Å². The van der Waals surface area contributed by atoms with Crippen LogP contribution in [-0.4, -0.2) is 29.9 Å². The molecule has 1 atom stereocenters. The summed E-state index contributed by atoms with van der Waals surface area (Å²) in [6.07, 6.45) is 8.36. The summed E-state index contributed by atoms with van der Waals surface area (Å²) in [5.74, 6) is 0. The van der Waals surface area contributed by atoms with Gasteiger partial charge in [0.1, 0.15) is 0 Å². The molecule has 1 unspecified atom stereocenters. The Morgan fingerprint density at radius 2 is 1.64 bits per heavy atom. The standard InChI is InChI=1S/C12H26BrN/c1-4-5-6-7-8-9-10-14(3)12(2)11-13/h12H,4-11H2,1-3H3. The molecule has 0 saturated carbocycles. The van der Waals surface area contributed by atoms with Crippen molar-refractivity contribution in [2.24, 2.45) is 0 Å². The molecule has 0 aliphatic rings. The van der Waals surface area contributed by atoms with Crippen molar-refractivity contribution in [3.63, 3.8) is 0 Å². The summed E-state index contributed by atoms with van der Waals surface area (Å²) in [4.78, 5) is 2.44. The minimum Gasteiger partial charge on any atom is -0.303 e. The molecule has 14 heavy (non-hydrogen) atoms. The van der Waals surface area contributed by atoms with E-state index in [9.17, 15) is 0 Å². The monoisotopic (exact) mass is 263 g/mol. The molecule has 0 N–H and O–H groups in total. The van der Waals surface area contributed by atoms with Crippen molar-refractivity contribution >= 4 is 15.9 Å². The molecule has 0 aliphatic heterocycles. The SMILES string of the molecule is CCCCCCCCN(C)C(C)CBr. The zero-order valence-electron chi connectivity index (χ0n) is 10.1. The average Bonchev–Trinajstić information content (AvgIpc) is 2.21. The maximum atomic E-state index is 3.52. The topological polar surface area (TPSA) is 3.24 Å². The second kappa shape index (κ2) is 9.97. The predicted molar refractivity (Wildman–Crippen MR) is 69.3 cm³/mol. The van der Waals surface area contributed by atoms with E-state index >= 15 is 0 Å². The van der Waals surface area contributed by atoms with Crippen LogP contribution in [0.5, 0.6) is 0 Å². The van der Waals surface area contributed by atoms with Crippen LogP contribution in [0.3, 0.4) is 0 Å². The van der Waals surface area contributed by atoms with Crippen molar-refractivity contribution < 1.29 is 0 Å². The van der Waals surface area contributed by atoms with Crippen LogP contribution in [0.4, 0.5) is 0 Å². The number of alkyl halides is 1. The van der Waals surface area contributed by atoms with Crippen LogP contribution >= 0.6 is 15.9 Å². The van der Waals surface area contributed by atoms with Crippen LogP contribution in [0, 0.1) is 0 Å². The lowest BCUT2D eigenvalue weighted by Crippen LogP contribution is -2.31. The molecular weight excluding hydrogens is 238 g/mol. The number of hydrogen-bond donors (Lipinski definition) is 0. The van der Waals surface area contributed by atoms with E-state index in [1.165, 1.54) is 45.1 Å². The third kappa shape index (κ3) is 7.81. The Labute approximate surface area is 98.4 Å². The fraction of sp³-hybridized carbons (Fsp3) is 1.00. The summed E-state index contributed by atoms with van der Waals surface area (Å²) in [5.41, 5.74) is 0. The first-order valence-corrected chi connectivity index (χ1v) is 7.10. The van der Waals surface area contributed by atoms with Gasteiger partial charge in [-0.2, -0.15) is 0 Å². The summed E-state index contributed by atoms with van der Waals surface area (Å²) in [6.45, 7) is 5.79. The highest BCUT2D eigenvalue weighted by atomic mass is 79.9. The fourth-order valence-corrected chi connectivity index (χ4v) is 1.97. The highest BCUT2D eigenvalue weighted by Crippen LogP contribution is 2.07. The molecular formula is C12H26BrN. The van der Waals surface area contributed by atoms with Crippen LogP contribution in [0.2, 0.25) is 0 Å². The van der Waals surface area contributed by atoms with Gasteiger partial charge < -0.3 is 4.90 Å². The first-order valence-electron chi connectivity index (χ1n) is 5.98. The van der Waals surface area contributed by atoms with Crippen LogP contribution in [-0.2, 0) is 0 Å². The van der Waals surface area contributed by atoms with Gasteiger partial charge in [0.2, 0.25) is 0 Å². The lowest BCUT2D eigenvalue weighted by atomic mass is 10.1. The molecule has 0 aromatic heterocycles. The van der Waals surface area contributed by atoms with E-state index in [1.807, 2.05) is 0 Å². The largest absolute Gasteiger partial charge is 0.303 e. The highest BCUT2D eigenvalue weighted by Gasteiger charge is 2.05. The van der Waals surface area contributed by atoms with Crippen molar-refractivity contribution in [2.45, 2.75) is 58.4 Å². The van der Waals surface area contributed by atoms with Gasteiger partial charge in [-0.15, -0.1) is 0 Å². The Balaban J connectivity index is 3.18. The molecule has 0 aliphatic carbocycles. The Morgan fingerprint density at radius 3 is 2.21 bits per heavy atom. The third-order valence-electron chi connectivity index (χ3n) is 2.84. The van der Waals surface area contributed by atoms with E-state index in [1.54, 1.807) is 0 Å². The van der Waals surface area contributed by atoms with Gasteiger partial charge in [-0.3, -0.25) is 0 Å². The second-order valence-corrected chi connectivity index (χ2v) is 4.90. The quantitative estimate of drug-likeness (QED) is 0.448. The third-order valence-corrected chi connectivity index (χ3v) is 3.78. The van der Waals surface area contributed by atoms with Crippen molar-refractivity contribution in [1.82, 2.24) is 4.90 Å². The first kappa shape index (κ1) is 14.4. The van der Waals surface area contributed by atoms with Crippen LogP contribution < -0.4 is 0 Å². The molecule has 1 nitrogen and oxygen atoms in total. The van der Waals surface area contributed by atoms with Crippen LogP contribution in [0.15, 0.2) is 0 Å². The lowest BCUT2D eigenvalue weighted by molar-refractivity contribution is 0.272. The Morgan fingerprint density at radius 1 is 1.07 bits per heavy atom. The van der Waals surface area contributed by atoms with Gasteiger partial charge in [0, 0.05) is 11.4 Å². The molecule has 0 rings (SSSR count). The van der Waals surface area contributed by atoms with Gasteiger partial charge >= 0.3 is 0 Å². The summed E-state index contributed by atoms with van der Waals surface area (Å²) in [6, 6.07) is 0.672. The molecule has 0 spiro atoms. The van der Waals surface area contributed by atoms with E-state index in [-0.39, 0.29) is 0 Å². The molecule has 0 heterocycles. The maximum Gasteiger partial charge on any atom is 0.0185 e. The summed E-state index contributed by atoms with van der Waals surface area (Å²) in [7, 11) is 2.22. The average molecular weight is 264 g/mol. The number of halogens is 1. The van der Waals surface area contributed by atoms with Crippen LogP contribution in [0.1, 0.15) is 52.4 Å². The van der Waals surface area contributed by atoms with Crippen molar-refractivity contribution in [3.8, 4) is 0 Å². The van der Waals surface area contributed by atoms with E-state index < -0.39 is 0 Å². The Hall–Kier alpha value is 0.440. The van der Waals surface area contributed by atoms with E-state index in [0.717, 1.165) is 5.33 Å². The normalized spacial score (nSPS) is 13.5. The molecule has 0 amide bonds. The fourth-order valence-electron chi connectivity index (χ4n) is 1.48. The van der Waals surface area contributed by atoms with E-state index in [4.69, 9.17) is 0 Å². The maximum absolute atomic E-state index is 3.52. The van der Waals surface area contributed by atoms with Gasteiger partial charge in [-0.25, -0.2) is 0 Å². The zero-order valence-corrected chi connectivity index (χ0v) is 11.6. The molecule has 86 valence electrons. The predicted octanol–water partition coefficient (Wildman–Crippen LogP) is 4.06. The minimum absolute atomic E-state index is 0.672. The summed E-state index contributed by atoms with van der Waals surface area (Å²) in [5, 5.41) is 1.08. The zero-order chi connectivity index (χ0) is 10.8. The van der Waals surface area contributed by atoms with Gasteiger partial charge in [0.25, 0.3) is 0 Å². The van der Waals surface area contributed by atoms with Crippen molar-refractivity contribution in [2.75, 3.05) is 18.9 Å². The summed E-state index contributed by atoms with van der Waals surface area (Å²) >= 11 is 3.52. The molecule has 0 bridgehead atoms. The number of hydrogen-bond acceptors (Lipinski definition) is 1. The van der Waals surface area contributed by atoms with Gasteiger partial charge in [0.05, 0.1) is 0 Å². The number of rotatable bonds is 9. The molecule has 0 aromatic rings. The highest BCUT2D eigenvalue weighted by molar-refractivity contribution is 9.09. The van der Waals surface area contributed by atoms with Crippen molar-refractivity contribution in [1.29, 1.82) is 0 Å².